The predicted octanol–water partition coefficient (Wildman–Crippen LogP) is 2.00. The van der Waals surface area contributed by atoms with Crippen molar-refractivity contribution < 1.29 is 5.11 Å². The van der Waals surface area contributed by atoms with Gasteiger partial charge in [0, 0.05) is 40.6 Å². The molecule has 1 aromatic heterocycles. The molecule has 1 unspecified atom stereocenters. The highest BCUT2D eigenvalue weighted by Gasteiger charge is 2.08. The summed E-state index contributed by atoms with van der Waals surface area (Å²) in [6, 6.07) is 5.79. The SMILES string of the molecule is CCC(CO)Nc1ccc(N)c2cnccc12. The maximum atomic E-state index is 9.21. The van der Waals surface area contributed by atoms with Crippen LogP contribution < -0.4 is 11.1 Å². The Labute approximate surface area is 100 Å². The van der Waals surface area contributed by atoms with E-state index in [1.807, 2.05) is 25.1 Å². The Morgan fingerprint density at radius 2 is 2.18 bits per heavy atom. The fourth-order valence-corrected chi connectivity index (χ4v) is 1.83. The minimum absolute atomic E-state index is 0.0648. The quantitative estimate of drug-likeness (QED) is 0.704. The van der Waals surface area contributed by atoms with E-state index in [9.17, 15) is 5.11 Å². The number of fused-ring (bicyclic) bond motifs is 1. The first kappa shape index (κ1) is 11.7. The van der Waals surface area contributed by atoms with Crippen LogP contribution in [-0.4, -0.2) is 22.7 Å². The number of nitrogens with two attached hydrogens (primary N) is 1. The van der Waals surface area contributed by atoms with Gasteiger partial charge in [0.1, 0.15) is 0 Å². The van der Waals surface area contributed by atoms with E-state index in [0.29, 0.717) is 0 Å². The van der Waals surface area contributed by atoms with Crippen LogP contribution in [0.2, 0.25) is 0 Å². The van der Waals surface area contributed by atoms with Crippen molar-refractivity contribution in [2.24, 2.45) is 0 Å². The topological polar surface area (TPSA) is 71.2 Å². The summed E-state index contributed by atoms with van der Waals surface area (Å²) < 4.78 is 0. The third-order valence-corrected chi connectivity index (χ3v) is 2.92. The van der Waals surface area contributed by atoms with Crippen LogP contribution in [0.15, 0.2) is 30.6 Å². The minimum Gasteiger partial charge on any atom is -0.398 e. The van der Waals surface area contributed by atoms with E-state index in [1.54, 1.807) is 12.4 Å². The molecule has 4 heteroatoms. The second-order valence-corrected chi connectivity index (χ2v) is 4.06. The van der Waals surface area contributed by atoms with Crippen molar-refractivity contribution in [1.82, 2.24) is 4.98 Å². The van der Waals surface area contributed by atoms with Crippen molar-refractivity contribution >= 4 is 22.1 Å². The van der Waals surface area contributed by atoms with E-state index in [1.165, 1.54) is 0 Å². The molecule has 1 atom stereocenters. The van der Waals surface area contributed by atoms with Crippen molar-refractivity contribution in [3.05, 3.63) is 30.6 Å². The predicted molar refractivity (Wildman–Crippen MR) is 70.9 cm³/mol. The lowest BCUT2D eigenvalue weighted by Gasteiger charge is -2.17. The Hall–Kier alpha value is -1.81. The monoisotopic (exact) mass is 231 g/mol. The molecular formula is C13H17N3O. The van der Waals surface area contributed by atoms with Crippen LogP contribution in [0.5, 0.6) is 0 Å². The van der Waals surface area contributed by atoms with Gasteiger partial charge in [-0.15, -0.1) is 0 Å². The van der Waals surface area contributed by atoms with Gasteiger partial charge in [0.25, 0.3) is 0 Å². The van der Waals surface area contributed by atoms with Crippen LogP contribution in [0.3, 0.4) is 0 Å². The second kappa shape index (κ2) is 5.01. The van der Waals surface area contributed by atoms with Crippen LogP contribution >= 0.6 is 0 Å². The molecule has 0 amide bonds. The maximum Gasteiger partial charge on any atom is 0.0632 e. The van der Waals surface area contributed by atoms with Crippen molar-refractivity contribution in [1.29, 1.82) is 0 Å². The highest BCUT2D eigenvalue weighted by molar-refractivity contribution is 6.00. The van der Waals surface area contributed by atoms with E-state index >= 15 is 0 Å². The fraction of sp³-hybridized carbons (Fsp3) is 0.308. The number of hydrogen-bond donors (Lipinski definition) is 3. The van der Waals surface area contributed by atoms with Gasteiger partial charge < -0.3 is 16.2 Å². The van der Waals surface area contributed by atoms with Crippen LogP contribution in [0, 0.1) is 0 Å². The van der Waals surface area contributed by atoms with Gasteiger partial charge in [0.2, 0.25) is 0 Å². The molecule has 0 fully saturated rings. The third-order valence-electron chi connectivity index (χ3n) is 2.92. The summed E-state index contributed by atoms with van der Waals surface area (Å²) >= 11 is 0. The number of aromatic nitrogens is 1. The van der Waals surface area contributed by atoms with E-state index in [-0.39, 0.29) is 12.6 Å². The number of nitrogens with zero attached hydrogens (tertiary/aromatic N) is 1. The van der Waals surface area contributed by atoms with Crippen molar-refractivity contribution in [2.75, 3.05) is 17.7 Å². The summed E-state index contributed by atoms with van der Waals surface area (Å²) in [5.41, 5.74) is 7.61. The smallest absolute Gasteiger partial charge is 0.0632 e. The molecule has 90 valence electrons. The largest absolute Gasteiger partial charge is 0.398 e. The fourth-order valence-electron chi connectivity index (χ4n) is 1.83. The van der Waals surface area contributed by atoms with E-state index in [0.717, 1.165) is 28.6 Å². The standard InChI is InChI=1S/C13H17N3O/c1-2-9(8-17)16-13-4-3-12(14)11-7-15-6-5-10(11)13/h3-7,9,16-17H,2,8,14H2,1H3. The Kier molecular flexibility index (Phi) is 3.44. The molecule has 1 aromatic carbocycles. The number of nitrogen functional groups attached to an aromatic ring is 1. The molecule has 0 bridgehead atoms. The summed E-state index contributed by atoms with van der Waals surface area (Å²) in [5, 5.41) is 14.5. The molecule has 0 saturated heterocycles. The van der Waals surface area contributed by atoms with Crippen molar-refractivity contribution in [3.8, 4) is 0 Å². The van der Waals surface area contributed by atoms with Crippen LogP contribution in [0.4, 0.5) is 11.4 Å². The van der Waals surface area contributed by atoms with Gasteiger partial charge in [-0.25, -0.2) is 0 Å². The summed E-state index contributed by atoms with van der Waals surface area (Å²) in [5.74, 6) is 0. The summed E-state index contributed by atoms with van der Waals surface area (Å²) in [6.45, 7) is 2.16. The van der Waals surface area contributed by atoms with Gasteiger partial charge >= 0.3 is 0 Å². The third kappa shape index (κ3) is 2.31. The summed E-state index contributed by atoms with van der Waals surface area (Å²) in [4.78, 5) is 4.08. The molecule has 0 aliphatic heterocycles. The number of rotatable bonds is 4. The average molecular weight is 231 g/mol. The highest BCUT2D eigenvalue weighted by atomic mass is 16.3. The Bertz CT molecular complexity index is 509. The number of aliphatic hydroxyl groups excluding tert-OH is 1. The molecule has 0 aliphatic carbocycles. The zero-order valence-electron chi connectivity index (χ0n) is 9.85. The number of aliphatic hydroxyl groups is 1. The first-order chi connectivity index (χ1) is 8.26. The number of hydrogen-bond acceptors (Lipinski definition) is 4. The van der Waals surface area contributed by atoms with E-state index in [4.69, 9.17) is 5.73 Å². The van der Waals surface area contributed by atoms with Gasteiger partial charge in [0.05, 0.1) is 6.61 Å². The maximum absolute atomic E-state index is 9.21. The molecule has 0 aliphatic rings. The zero-order valence-corrected chi connectivity index (χ0v) is 9.85. The number of pyridine rings is 1. The first-order valence-corrected chi connectivity index (χ1v) is 5.75. The number of benzene rings is 1. The highest BCUT2D eigenvalue weighted by Crippen LogP contribution is 2.27. The van der Waals surface area contributed by atoms with Gasteiger partial charge in [-0.2, -0.15) is 0 Å². The number of nitrogens with one attached hydrogen (secondary N) is 1. The van der Waals surface area contributed by atoms with Gasteiger partial charge in [-0.05, 0) is 24.6 Å². The summed E-state index contributed by atoms with van der Waals surface area (Å²) in [7, 11) is 0. The van der Waals surface area contributed by atoms with Crippen LogP contribution in [-0.2, 0) is 0 Å². The van der Waals surface area contributed by atoms with Gasteiger partial charge in [-0.1, -0.05) is 6.92 Å². The minimum atomic E-state index is 0.0648. The molecule has 0 saturated carbocycles. The van der Waals surface area contributed by atoms with Crippen LogP contribution in [0.1, 0.15) is 13.3 Å². The lowest BCUT2D eigenvalue weighted by molar-refractivity contribution is 0.272. The first-order valence-electron chi connectivity index (χ1n) is 5.75. The average Bonchev–Trinajstić information content (AvgIpc) is 2.38. The molecule has 4 N–H and O–H groups in total. The molecular weight excluding hydrogens is 214 g/mol. The lowest BCUT2D eigenvalue weighted by atomic mass is 10.1. The van der Waals surface area contributed by atoms with Crippen LogP contribution in [0.25, 0.3) is 10.8 Å². The molecule has 17 heavy (non-hydrogen) atoms. The Balaban J connectivity index is 2.44. The van der Waals surface area contributed by atoms with Crippen molar-refractivity contribution in [2.45, 2.75) is 19.4 Å². The molecule has 0 spiro atoms. The molecule has 2 rings (SSSR count). The number of anilines is 2. The van der Waals surface area contributed by atoms with Gasteiger partial charge in [0.15, 0.2) is 0 Å². The molecule has 2 aromatic rings. The molecule has 0 radical (unpaired) electrons. The van der Waals surface area contributed by atoms with E-state index < -0.39 is 0 Å². The van der Waals surface area contributed by atoms with E-state index in [2.05, 4.69) is 10.3 Å². The second-order valence-electron chi connectivity index (χ2n) is 4.06. The Morgan fingerprint density at radius 1 is 1.35 bits per heavy atom. The normalized spacial score (nSPS) is 12.6. The molecule has 1 heterocycles. The lowest BCUT2D eigenvalue weighted by Crippen LogP contribution is -2.22. The summed E-state index contributed by atoms with van der Waals surface area (Å²) in [6.07, 6.45) is 4.37. The van der Waals surface area contributed by atoms with Gasteiger partial charge in [-0.3, -0.25) is 4.98 Å². The van der Waals surface area contributed by atoms with Crippen molar-refractivity contribution in [3.63, 3.8) is 0 Å². The zero-order chi connectivity index (χ0) is 12.3. The Morgan fingerprint density at radius 3 is 2.88 bits per heavy atom. The molecule has 4 nitrogen and oxygen atoms in total.